The van der Waals surface area contributed by atoms with Crippen molar-refractivity contribution in [2.24, 2.45) is 0 Å². The predicted octanol–water partition coefficient (Wildman–Crippen LogP) is 0.913. The molecule has 0 saturated heterocycles. The van der Waals surface area contributed by atoms with Gasteiger partial charge in [0.05, 0.1) is 0 Å². The maximum atomic E-state index is 11.4. The summed E-state index contributed by atoms with van der Waals surface area (Å²) < 4.78 is 218. The van der Waals surface area contributed by atoms with Crippen LogP contribution in [-0.4, -0.2) is 84.2 Å². The molecule has 0 aromatic heterocycles. The summed E-state index contributed by atoms with van der Waals surface area (Å²) in [6.45, 7) is 0. The smallest absolute Gasteiger partial charge is 0.421 e. The van der Waals surface area contributed by atoms with Gasteiger partial charge in [0.2, 0.25) is 0 Å². The molecule has 0 aliphatic rings. The summed E-state index contributed by atoms with van der Waals surface area (Å²) in [5, 5.41) is 0. The number of rotatable bonds is 4. The van der Waals surface area contributed by atoms with Gasteiger partial charge in [0, 0.05) is 0 Å². The zero-order valence-corrected chi connectivity index (χ0v) is 18.2. The molecule has 0 atom stereocenters. The molecule has 0 saturated carbocycles. The van der Waals surface area contributed by atoms with Crippen LogP contribution in [0, 0.1) is 0 Å². The third kappa shape index (κ3) is 10.7. The largest absolute Gasteiger partial charge is 2.00 e. The summed E-state index contributed by atoms with van der Waals surface area (Å²) in [4.78, 5) is 0. The number of hydrogen-bond acceptors (Lipinski definition) is 8. The Morgan fingerprint density at radius 2 is 0.469 bits per heavy atom. The molecule has 0 aromatic carbocycles. The summed E-state index contributed by atoms with van der Waals surface area (Å²) in [5.74, 6) is 0. The molecule has 32 heavy (non-hydrogen) atoms. The predicted molar refractivity (Wildman–Crippen MR) is 76.0 cm³/mol. The van der Waals surface area contributed by atoms with E-state index in [1.54, 1.807) is 0 Å². The summed E-state index contributed by atoms with van der Waals surface area (Å²) in [7, 11) is -26.9. The van der Waals surface area contributed by atoms with Crippen LogP contribution in [-0.2, 0) is 40.1 Å². The maximum absolute atomic E-state index is 11.4. The van der Waals surface area contributed by atoms with Crippen molar-refractivity contribution in [3.05, 3.63) is 8.25 Å². The van der Waals surface area contributed by atoms with E-state index in [-0.39, 0.29) is 28.5 Å². The second-order valence-electron chi connectivity index (χ2n) is 3.83. The second kappa shape index (κ2) is 10.9. The van der Waals surface area contributed by atoms with Crippen LogP contribution in [0.5, 0.6) is 0 Å². The first kappa shape index (κ1) is 38.8. The zero-order chi connectivity index (χ0) is 25.4. The van der Waals surface area contributed by atoms with Crippen molar-refractivity contribution in [2.45, 2.75) is 22.0 Å². The van der Waals surface area contributed by atoms with Crippen molar-refractivity contribution in [1.29, 1.82) is 0 Å². The van der Waals surface area contributed by atoms with Gasteiger partial charge in [-0.25, -0.2) is 33.7 Å². The van der Waals surface area contributed by atoms with Gasteiger partial charge in [-0.05, 0) is 0 Å². The Bertz CT molecular complexity index is 864. The van der Waals surface area contributed by atoms with Gasteiger partial charge in [-0.15, -0.1) is 0 Å². The molecule has 0 rings (SSSR count). The molecule has 0 unspecified atom stereocenters. The maximum Gasteiger partial charge on any atom is 2.00 e. The van der Waals surface area contributed by atoms with Gasteiger partial charge >= 0.3 is 45.1 Å². The summed E-state index contributed by atoms with van der Waals surface area (Å²) in [6, 6.07) is 0. The number of nitrogens with zero attached hydrogens (tertiary/aromatic N) is 2. The van der Waals surface area contributed by atoms with Crippen molar-refractivity contribution < 1.29 is 91.8 Å². The van der Waals surface area contributed by atoms with Crippen molar-refractivity contribution in [3.63, 3.8) is 0 Å². The average Bonchev–Trinajstić information content (AvgIpc) is 2.30. The van der Waals surface area contributed by atoms with Crippen LogP contribution in [0.2, 0.25) is 0 Å². The minimum Gasteiger partial charge on any atom is -0.421 e. The molecule has 0 aromatic rings. The first-order valence-corrected chi connectivity index (χ1v) is 10.9. The minimum absolute atomic E-state index is 0. The van der Waals surface area contributed by atoms with E-state index in [0.29, 0.717) is 0 Å². The van der Waals surface area contributed by atoms with E-state index in [1.807, 2.05) is 0 Å². The van der Waals surface area contributed by atoms with Gasteiger partial charge in [0.15, 0.2) is 40.1 Å². The fourth-order valence-corrected chi connectivity index (χ4v) is 3.85. The van der Waals surface area contributed by atoms with E-state index >= 15 is 0 Å². The van der Waals surface area contributed by atoms with Crippen molar-refractivity contribution in [1.82, 2.24) is 0 Å². The number of alkyl halides is 12. The molecule has 0 aliphatic carbocycles. The molecule has 0 heterocycles. The third-order valence-corrected chi connectivity index (χ3v) is 7.04. The van der Waals surface area contributed by atoms with Crippen LogP contribution in [0.25, 0.3) is 8.25 Å². The van der Waals surface area contributed by atoms with Crippen LogP contribution < -0.4 is 0 Å². The zero-order valence-electron chi connectivity index (χ0n) is 13.5. The molecular formula is C4H2F12MgN2O9S4. The Kier molecular flexibility index (Phi) is 13.2. The Morgan fingerprint density at radius 3 is 0.531 bits per heavy atom. The number of hydrogen-bond donors (Lipinski definition) is 0. The summed E-state index contributed by atoms with van der Waals surface area (Å²) in [5.41, 5.74) is -24.8. The molecular weight excluding hydrogens is 601 g/mol. The summed E-state index contributed by atoms with van der Waals surface area (Å²) in [6.07, 6.45) is 0. The van der Waals surface area contributed by atoms with E-state index < -0.39 is 62.1 Å². The Hall–Kier alpha value is -0.394. The van der Waals surface area contributed by atoms with Crippen LogP contribution in [0.15, 0.2) is 0 Å². The molecule has 0 radical (unpaired) electrons. The quantitative estimate of drug-likeness (QED) is 0.334. The molecule has 2 N–H and O–H groups in total. The molecule has 0 spiro atoms. The van der Waals surface area contributed by atoms with E-state index in [9.17, 15) is 86.4 Å². The minimum atomic E-state index is -6.72. The van der Waals surface area contributed by atoms with E-state index in [2.05, 4.69) is 0 Å². The normalized spacial score (nSPS) is 14.4. The molecule has 0 amide bonds. The van der Waals surface area contributed by atoms with Crippen LogP contribution >= 0.6 is 0 Å². The van der Waals surface area contributed by atoms with Gasteiger partial charge in [0.1, 0.15) is 0 Å². The van der Waals surface area contributed by atoms with E-state index in [0.717, 1.165) is 8.25 Å². The van der Waals surface area contributed by atoms with Crippen LogP contribution in [0.4, 0.5) is 52.7 Å². The Balaban J connectivity index is -0.000000231. The molecule has 192 valence electrons. The van der Waals surface area contributed by atoms with E-state index in [1.165, 1.54) is 0 Å². The SMILES string of the molecule is O.O=S(=O)([N-]S(=O)(=O)C(F)(F)F)C(F)(F)F.O=S(=O)([N-]S(=O)(=O)C(F)(F)F)C(F)(F)F.[Mg+2]. The van der Waals surface area contributed by atoms with Crippen molar-refractivity contribution in [2.75, 3.05) is 0 Å². The average molecular weight is 603 g/mol. The first-order valence-electron chi connectivity index (χ1n) is 5.15. The molecule has 28 heteroatoms. The molecule has 11 nitrogen and oxygen atoms in total. The molecule has 0 fully saturated rings. The third-order valence-electron chi connectivity index (χ3n) is 1.56. The van der Waals surface area contributed by atoms with Gasteiger partial charge in [-0.1, -0.05) is 0 Å². The number of sulfonamides is 4. The van der Waals surface area contributed by atoms with E-state index in [4.69, 9.17) is 0 Å². The van der Waals surface area contributed by atoms with Crippen molar-refractivity contribution >= 4 is 63.1 Å². The fraction of sp³-hybridized carbons (Fsp3) is 1.00. The standard InChI is InChI=1S/2C2F6NO4S2.Mg.H2O/c2*3-1(4,5)14(10,11)9-15(12,13)2(6,7)8;;/h;;;1H2/q2*-1;+2;. The summed E-state index contributed by atoms with van der Waals surface area (Å²) >= 11 is 0. The van der Waals surface area contributed by atoms with Crippen LogP contribution in [0.1, 0.15) is 0 Å². The Morgan fingerprint density at radius 1 is 0.375 bits per heavy atom. The monoisotopic (exact) mass is 602 g/mol. The molecule has 0 aliphatic heterocycles. The second-order valence-corrected chi connectivity index (χ2v) is 10.7. The van der Waals surface area contributed by atoms with Gasteiger partial charge in [-0.2, -0.15) is 52.7 Å². The van der Waals surface area contributed by atoms with Gasteiger partial charge in [-0.3, -0.25) is 0 Å². The topological polar surface area (TPSA) is 196 Å². The molecule has 0 bridgehead atoms. The van der Waals surface area contributed by atoms with Crippen molar-refractivity contribution in [3.8, 4) is 0 Å². The first-order chi connectivity index (χ1) is 12.4. The van der Waals surface area contributed by atoms with Gasteiger partial charge < -0.3 is 13.7 Å². The van der Waals surface area contributed by atoms with Crippen LogP contribution in [0.3, 0.4) is 0 Å². The Labute approximate surface area is 185 Å². The van der Waals surface area contributed by atoms with Gasteiger partial charge in [0.25, 0.3) is 0 Å². The fourth-order valence-electron chi connectivity index (χ4n) is 0.427. The number of halogens is 12.